The Hall–Kier alpha value is -2.00. The molecule has 4 rings (SSSR count). The number of nitrogens with zero attached hydrogens (tertiary/aromatic N) is 5. The molecule has 1 aliphatic heterocycles. The van der Waals surface area contributed by atoms with Crippen molar-refractivity contribution in [3.63, 3.8) is 0 Å². The Balaban J connectivity index is 1.60. The number of likely N-dealkylation sites (tertiary alicyclic amines) is 1. The van der Waals surface area contributed by atoms with E-state index < -0.39 is 11.8 Å². The van der Waals surface area contributed by atoms with Gasteiger partial charge in [-0.2, -0.15) is 5.10 Å². The van der Waals surface area contributed by atoms with Crippen LogP contribution in [-0.2, 0) is 6.54 Å². The number of aliphatic hydroxyl groups is 1. The van der Waals surface area contributed by atoms with E-state index in [1.54, 1.807) is 32.3 Å². The summed E-state index contributed by atoms with van der Waals surface area (Å²) in [7, 11) is 0. The van der Waals surface area contributed by atoms with Gasteiger partial charge in [-0.3, -0.25) is 0 Å². The highest BCUT2D eigenvalue weighted by Gasteiger charge is 2.31. The molecule has 7 nitrogen and oxygen atoms in total. The molecular formula is C22H27Cl2FN6O. The zero-order valence-electron chi connectivity index (χ0n) is 18.3. The van der Waals surface area contributed by atoms with Gasteiger partial charge in [-0.15, -0.1) is 0 Å². The smallest absolute Gasteiger partial charge is 0.227 e. The number of hydrogen-bond acceptors (Lipinski definition) is 6. The number of aromatic nitrogens is 4. The molecular weight excluding hydrogens is 454 g/mol. The minimum absolute atomic E-state index is 0.245. The van der Waals surface area contributed by atoms with Crippen LogP contribution in [-0.4, -0.2) is 61.2 Å². The molecule has 2 aromatic heterocycles. The number of fused-ring (bicyclic) bond motifs is 1. The van der Waals surface area contributed by atoms with Crippen LogP contribution in [0.2, 0.25) is 10.2 Å². The lowest BCUT2D eigenvalue weighted by Gasteiger charge is -2.34. The van der Waals surface area contributed by atoms with Crippen molar-refractivity contribution in [1.82, 2.24) is 24.6 Å². The number of alkyl halides is 1. The van der Waals surface area contributed by atoms with Crippen molar-refractivity contribution >= 4 is 45.7 Å². The SMILES string of the molecule is CCN1CCC(c2cc3nc(Nc4cnn(CC(C)(C)O)c4Cl)ncc3cc2Cl)C(F)C1. The van der Waals surface area contributed by atoms with Gasteiger partial charge in [-0.1, -0.05) is 30.1 Å². The predicted molar refractivity (Wildman–Crippen MR) is 126 cm³/mol. The van der Waals surface area contributed by atoms with Crippen LogP contribution in [0.4, 0.5) is 16.0 Å². The maximum absolute atomic E-state index is 14.9. The maximum Gasteiger partial charge on any atom is 0.227 e. The highest BCUT2D eigenvalue weighted by molar-refractivity contribution is 6.32. The van der Waals surface area contributed by atoms with Crippen LogP contribution >= 0.6 is 23.2 Å². The molecule has 0 amide bonds. The van der Waals surface area contributed by atoms with Crippen molar-refractivity contribution in [2.24, 2.45) is 0 Å². The highest BCUT2D eigenvalue weighted by Crippen LogP contribution is 2.37. The first-order valence-corrected chi connectivity index (χ1v) is 11.4. The number of anilines is 2. The van der Waals surface area contributed by atoms with Crippen molar-refractivity contribution in [3.8, 4) is 0 Å². The molecule has 1 aromatic carbocycles. The Labute approximate surface area is 196 Å². The second-order valence-electron chi connectivity index (χ2n) is 8.87. The largest absolute Gasteiger partial charge is 0.389 e. The highest BCUT2D eigenvalue weighted by atomic mass is 35.5. The molecule has 32 heavy (non-hydrogen) atoms. The van der Waals surface area contributed by atoms with Crippen LogP contribution in [0.25, 0.3) is 10.9 Å². The van der Waals surface area contributed by atoms with Gasteiger partial charge in [0.2, 0.25) is 5.95 Å². The molecule has 0 aliphatic carbocycles. The normalized spacial score (nSPS) is 20.1. The summed E-state index contributed by atoms with van der Waals surface area (Å²) in [6.07, 6.45) is 2.97. The lowest BCUT2D eigenvalue weighted by Crippen LogP contribution is -2.40. The molecule has 1 saturated heterocycles. The monoisotopic (exact) mass is 480 g/mol. The van der Waals surface area contributed by atoms with Crippen molar-refractivity contribution in [2.45, 2.75) is 51.4 Å². The lowest BCUT2D eigenvalue weighted by molar-refractivity contribution is 0.0578. The summed E-state index contributed by atoms with van der Waals surface area (Å²) >= 11 is 12.9. The van der Waals surface area contributed by atoms with Crippen LogP contribution < -0.4 is 5.32 Å². The van der Waals surface area contributed by atoms with Gasteiger partial charge in [0, 0.05) is 29.1 Å². The summed E-state index contributed by atoms with van der Waals surface area (Å²) in [6.45, 7) is 7.76. The van der Waals surface area contributed by atoms with E-state index in [1.165, 1.54) is 4.68 Å². The first-order chi connectivity index (χ1) is 15.1. The summed E-state index contributed by atoms with van der Waals surface area (Å²) in [5.41, 5.74) is 1.03. The third kappa shape index (κ3) is 4.98. The molecule has 0 bridgehead atoms. The topological polar surface area (TPSA) is 79.1 Å². The van der Waals surface area contributed by atoms with Crippen molar-refractivity contribution in [1.29, 1.82) is 0 Å². The minimum atomic E-state index is -0.974. The Bertz CT molecular complexity index is 1120. The second-order valence-corrected chi connectivity index (χ2v) is 9.64. The van der Waals surface area contributed by atoms with Crippen LogP contribution in [0.3, 0.4) is 0 Å². The molecule has 0 radical (unpaired) electrons. The number of halogens is 3. The summed E-state index contributed by atoms with van der Waals surface area (Å²) < 4.78 is 16.4. The second kappa shape index (κ2) is 9.09. The number of hydrogen-bond donors (Lipinski definition) is 2. The molecule has 3 aromatic rings. The summed E-state index contributed by atoms with van der Waals surface area (Å²) in [5.74, 6) is 0.0867. The zero-order chi connectivity index (χ0) is 23.0. The first kappa shape index (κ1) is 23.2. The standard InChI is InChI=1S/C22H27Cl2FN6O/c1-4-30-6-5-14(17(25)11-30)15-8-18-13(7-16(15)23)9-26-21(28-18)29-19-10-27-31(20(19)24)12-22(2,3)32/h7-10,14,17,32H,4-6,11-12H2,1-3H3,(H,26,28,29). The van der Waals surface area contributed by atoms with Crippen LogP contribution in [0.15, 0.2) is 24.5 Å². The van der Waals surface area contributed by atoms with Crippen LogP contribution in [0.5, 0.6) is 0 Å². The minimum Gasteiger partial charge on any atom is -0.389 e. The molecule has 2 unspecified atom stereocenters. The van der Waals surface area contributed by atoms with E-state index in [0.717, 1.165) is 24.0 Å². The molecule has 0 spiro atoms. The van der Waals surface area contributed by atoms with E-state index in [9.17, 15) is 9.50 Å². The van der Waals surface area contributed by atoms with Gasteiger partial charge in [0.05, 0.1) is 29.5 Å². The van der Waals surface area contributed by atoms with E-state index >= 15 is 0 Å². The quantitative estimate of drug-likeness (QED) is 0.527. The van der Waals surface area contributed by atoms with Crippen LogP contribution in [0, 0.1) is 0 Å². The molecule has 0 saturated carbocycles. The fraction of sp³-hybridized carbons (Fsp3) is 0.500. The average Bonchev–Trinajstić information content (AvgIpc) is 3.05. The fourth-order valence-electron chi connectivity index (χ4n) is 4.07. The van der Waals surface area contributed by atoms with Gasteiger partial charge in [0.1, 0.15) is 6.17 Å². The Morgan fingerprint density at radius 2 is 2.06 bits per heavy atom. The van der Waals surface area contributed by atoms with E-state index in [1.807, 2.05) is 13.0 Å². The van der Waals surface area contributed by atoms with Gasteiger partial charge < -0.3 is 15.3 Å². The number of piperidine rings is 1. The molecule has 10 heteroatoms. The number of rotatable bonds is 6. The third-order valence-corrected chi connectivity index (χ3v) is 6.45. The third-order valence-electron chi connectivity index (χ3n) is 5.73. The van der Waals surface area contributed by atoms with Crippen molar-refractivity contribution < 1.29 is 9.50 Å². The zero-order valence-corrected chi connectivity index (χ0v) is 19.8. The van der Waals surface area contributed by atoms with Gasteiger partial charge in [0.25, 0.3) is 0 Å². The molecule has 2 N–H and O–H groups in total. The predicted octanol–water partition coefficient (Wildman–Crippen LogP) is 4.79. The van der Waals surface area contributed by atoms with Gasteiger partial charge >= 0.3 is 0 Å². The number of benzene rings is 1. The molecule has 2 atom stereocenters. The molecule has 172 valence electrons. The van der Waals surface area contributed by atoms with E-state index in [4.69, 9.17) is 23.2 Å². The molecule has 1 fully saturated rings. The Morgan fingerprint density at radius 1 is 1.28 bits per heavy atom. The molecule has 3 heterocycles. The van der Waals surface area contributed by atoms with E-state index in [2.05, 4.69) is 25.3 Å². The average molecular weight is 481 g/mol. The molecule has 1 aliphatic rings. The van der Waals surface area contributed by atoms with Crippen molar-refractivity contribution in [3.05, 3.63) is 40.3 Å². The summed E-state index contributed by atoms with van der Waals surface area (Å²) in [4.78, 5) is 11.0. The summed E-state index contributed by atoms with van der Waals surface area (Å²) in [6, 6.07) is 3.66. The lowest BCUT2D eigenvalue weighted by atomic mass is 9.87. The van der Waals surface area contributed by atoms with Gasteiger partial charge in [0.15, 0.2) is 5.15 Å². The Kier molecular flexibility index (Phi) is 6.58. The number of nitrogens with one attached hydrogen (secondary N) is 1. The Morgan fingerprint density at radius 3 is 2.75 bits per heavy atom. The van der Waals surface area contributed by atoms with Crippen LogP contribution in [0.1, 0.15) is 38.7 Å². The van der Waals surface area contributed by atoms with Gasteiger partial charge in [-0.25, -0.2) is 19.0 Å². The maximum atomic E-state index is 14.9. The van der Waals surface area contributed by atoms with Gasteiger partial charge in [-0.05, 0) is 51.1 Å². The van der Waals surface area contributed by atoms with E-state index in [0.29, 0.717) is 40.3 Å². The fourth-order valence-corrected chi connectivity index (χ4v) is 4.58. The summed E-state index contributed by atoms with van der Waals surface area (Å²) in [5, 5.41) is 18.9. The van der Waals surface area contributed by atoms with Crippen molar-refractivity contribution in [2.75, 3.05) is 25.0 Å². The van der Waals surface area contributed by atoms with E-state index in [-0.39, 0.29) is 12.5 Å². The first-order valence-electron chi connectivity index (χ1n) is 10.7.